The van der Waals surface area contributed by atoms with E-state index in [1.54, 1.807) is 24.8 Å². The van der Waals surface area contributed by atoms with Crippen LogP contribution in [-0.4, -0.2) is 114 Å². The predicted molar refractivity (Wildman–Crippen MR) is 174 cm³/mol. The van der Waals surface area contributed by atoms with Gasteiger partial charge < -0.3 is 39.7 Å². The summed E-state index contributed by atoms with van der Waals surface area (Å²) in [6.07, 6.45) is 1.89. The van der Waals surface area contributed by atoms with Gasteiger partial charge in [-0.25, -0.2) is 9.97 Å². The van der Waals surface area contributed by atoms with Crippen molar-refractivity contribution in [2.45, 2.75) is 58.6 Å². The highest BCUT2D eigenvalue weighted by Gasteiger charge is 2.36. The van der Waals surface area contributed by atoms with Crippen molar-refractivity contribution in [3.8, 4) is 11.4 Å². The zero-order valence-corrected chi connectivity index (χ0v) is 27.8. The van der Waals surface area contributed by atoms with Crippen LogP contribution in [0.4, 0.5) is 5.82 Å². The number of aliphatic hydroxyl groups excluding tert-OH is 1. The van der Waals surface area contributed by atoms with Crippen molar-refractivity contribution in [3.63, 3.8) is 0 Å². The molecule has 2 saturated heterocycles. The summed E-state index contributed by atoms with van der Waals surface area (Å²) in [5.41, 5.74) is 0.778. The number of benzene rings is 1. The second kappa shape index (κ2) is 18.7. The van der Waals surface area contributed by atoms with Crippen molar-refractivity contribution in [2.75, 3.05) is 63.5 Å². The lowest BCUT2D eigenvalue weighted by Gasteiger charge is -2.32. The maximum absolute atomic E-state index is 13.6. The molecule has 0 radical (unpaired) electrons. The molecular weight excluding hydrogens is 615 g/mol. The number of nitrogens with zero attached hydrogens (tertiary/aromatic N) is 4. The number of carbonyl (C=O) groups excluding carboxylic acids is 2. The van der Waals surface area contributed by atoms with E-state index in [4.69, 9.17) is 14.2 Å². The molecule has 2 unspecified atom stereocenters. The Morgan fingerprint density at radius 2 is 1.74 bits per heavy atom. The number of aliphatic carboxylic acids is 1. The van der Waals surface area contributed by atoms with Crippen LogP contribution in [-0.2, 0) is 23.2 Å². The monoisotopic (exact) mass is 662 g/mol. The number of aliphatic hydroxyl groups is 1. The van der Waals surface area contributed by atoms with Gasteiger partial charge in [0, 0.05) is 57.3 Å². The maximum Gasteiger partial charge on any atom is 0.333 e. The van der Waals surface area contributed by atoms with Crippen molar-refractivity contribution < 1.29 is 38.2 Å². The number of amides is 2. The lowest BCUT2D eigenvalue weighted by molar-refractivity contribution is -0.137. The van der Waals surface area contributed by atoms with Crippen LogP contribution in [0.15, 0.2) is 36.4 Å². The van der Waals surface area contributed by atoms with E-state index in [0.29, 0.717) is 63.8 Å². The first kappa shape index (κ1) is 37.0. The molecule has 15 heteroatoms. The van der Waals surface area contributed by atoms with Gasteiger partial charge in [0.25, 0.3) is 5.91 Å². The Labute approximate surface area is 270 Å². The Morgan fingerprint density at radius 3 is 2.28 bits per heavy atom. The van der Waals surface area contributed by atoms with Gasteiger partial charge in [-0.1, -0.05) is 43.7 Å². The molecule has 2 aliphatic heterocycles. The van der Waals surface area contributed by atoms with Crippen molar-refractivity contribution in [1.82, 2.24) is 25.5 Å². The average molecular weight is 663 g/mol. The number of hydrogen-bond acceptors (Lipinski definition) is 11. The van der Waals surface area contributed by atoms with Gasteiger partial charge in [-0.3, -0.25) is 18.9 Å². The number of rotatable bonds is 14. The fourth-order valence-corrected chi connectivity index (χ4v) is 6.76. The van der Waals surface area contributed by atoms with E-state index in [0.717, 1.165) is 18.4 Å². The second-order valence-electron chi connectivity index (χ2n) is 10.9. The molecule has 2 fully saturated rings. The summed E-state index contributed by atoms with van der Waals surface area (Å²) in [5, 5.41) is 24.1. The van der Waals surface area contributed by atoms with Crippen LogP contribution in [0.2, 0.25) is 0 Å². The van der Waals surface area contributed by atoms with Crippen LogP contribution in [0.1, 0.15) is 56.9 Å². The average Bonchev–Trinajstić information content (AvgIpc) is 3.50. The zero-order valence-electron chi connectivity index (χ0n) is 26.9. The first-order valence-electron chi connectivity index (χ1n) is 15.9. The molecule has 46 heavy (non-hydrogen) atoms. The Kier molecular flexibility index (Phi) is 15.0. The third-order valence-corrected chi connectivity index (χ3v) is 9.41. The van der Waals surface area contributed by atoms with Gasteiger partial charge in [-0.2, -0.15) is 0 Å². The summed E-state index contributed by atoms with van der Waals surface area (Å²) in [5.74, 6) is -0.807. The minimum atomic E-state index is -3.67. The first-order chi connectivity index (χ1) is 22.1. The number of anilines is 1. The van der Waals surface area contributed by atoms with Gasteiger partial charge in [0.05, 0.1) is 25.5 Å². The molecule has 2 amide bonds. The molecule has 14 nitrogen and oxygen atoms in total. The number of hydrogen-bond donors (Lipinski definition) is 4. The van der Waals surface area contributed by atoms with Gasteiger partial charge in [-0.05, 0) is 26.7 Å². The Balaban J connectivity index is 0.000000738. The van der Waals surface area contributed by atoms with Crippen LogP contribution in [0.25, 0.3) is 11.4 Å². The molecule has 0 spiro atoms. The van der Waals surface area contributed by atoms with E-state index >= 15 is 0 Å². The summed E-state index contributed by atoms with van der Waals surface area (Å²) < 4.78 is 24.3. The van der Waals surface area contributed by atoms with E-state index in [1.807, 2.05) is 42.2 Å². The standard InChI is InChI=1S/C26H37N6O6P.C5H10O2/c1-3-37-39(36,38-4-2)18-22(26(35)31-14-11-27-12-15-31)29-25(34)21-16-23(32-13-10-20(33)17-32)30-24(28-21)19-8-6-5-7-9-19;1-2-3-4-5(6)7/h5-9,16,20,22,27,33H,3-4,10-15,17-18H2,1-2H3,(H,29,34);2-4H2,1H3,(H,6,7). The summed E-state index contributed by atoms with van der Waals surface area (Å²) in [7, 11) is -3.67. The van der Waals surface area contributed by atoms with Gasteiger partial charge in [0.2, 0.25) is 5.91 Å². The second-order valence-corrected chi connectivity index (χ2v) is 13.0. The van der Waals surface area contributed by atoms with Gasteiger partial charge in [0.1, 0.15) is 17.6 Å². The lowest BCUT2D eigenvalue weighted by Crippen LogP contribution is -2.55. The number of piperazine rings is 1. The molecule has 4 rings (SSSR count). The van der Waals surface area contributed by atoms with Crippen LogP contribution in [0.5, 0.6) is 0 Å². The minimum Gasteiger partial charge on any atom is -0.481 e. The predicted octanol–water partition coefficient (Wildman–Crippen LogP) is 2.77. The maximum atomic E-state index is 13.6. The molecular formula is C31H47N6O8P. The van der Waals surface area contributed by atoms with Crippen molar-refractivity contribution in [1.29, 1.82) is 0 Å². The molecule has 254 valence electrons. The third kappa shape index (κ3) is 11.4. The quantitative estimate of drug-likeness (QED) is 0.217. The van der Waals surface area contributed by atoms with E-state index in [9.17, 15) is 24.1 Å². The van der Waals surface area contributed by atoms with Crippen LogP contribution < -0.4 is 15.5 Å². The Bertz CT molecular complexity index is 1320. The zero-order chi connectivity index (χ0) is 33.5. The molecule has 4 N–H and O–H groups in total. The van der Waals surface area contributed by atoms with Gasteiger partial charge in [-0.15, -0.1) is 0 Å². The lowest BCUT2D eigenvalue weighted by atomic mass is 10.2. The highest BCUT2D eigenvalue weighted by molar-refractivity contribution is 7.54. The number of carbonyl (C=O) groups is 3. The summed E-state index contributed by atoms with van der Waals surface area (Å²) >= 11 is 0. The van der Waals surface area contributed by atoms with Crippen LogP contribution >= 0.6 is 7.60 Å². The first-order valence-corrected chi connectivity index (χ1v) is 17.6. The highest BCUT2D eigenvalue weighted by atomic mass is 31.2. The van der Waals surface area contributed by atoms with Crippen LogP contribution in [0, 0.1) is 0 Å². The molecule has 0 bridgehead atoms. The minimum absolute atomic E-state index is 0.0565. The largest absolute Gasteiger partial charge is 0.481 e. The van der Waals surface area contributed by atoms with Gasteiger partial charge in [0.15, 0.2) is 5.82 Å². The Hall–Kier alpha value is -3.42. The highest BCUT2D eigenvalue weighted by Crippen LogP contribution is 2.48. The number of carboxylic acid groups (broad SMARTS) is 1. The molecule has 0 saturated carbocycles. The Morgan fingerprint density at radius 1 is 1.07 bits per heavy atom. The fourth-order valence-electron chi connectivity index (χ4n) is 4.99. The smallest absolute Gasteiger partial charge is 0.333 e. The molecule has 1 aromatic heterocycles. The molecule has 2 atom stereocenters. The number of nitrogens with one attached hydrogen (secondary N) is 2. The SMILES string of the molecule is CCCCC(=O)O.CCOP(=O)(CC(NC(=O)c1cc(N2CCC(O)C2)nc(-c2ccccc2)n1)C(=O)N1CCNCC1)OCC. The van der Waals surface area contributed by atoms with E-state index in [2.05, 4.69) is 20.6 Å². The fraction of sp³-hybridized carbons (Fsp3) is 0.581. The number of carboxylic acids is 1. The molecule has 0 aliphatic carbocycles. The molecule has 2 aromatic rings. The summed E-state index contributed by atoms with van der Waals surface area (Å²) in [6.45, 7) is 8.79. The normalized spacial score (nSPS) is 17.2. The summed E-state index contributed by atoms with van der Waals surface area (Å²) in [4.78, 5) is 49.6. The molecule has 1 aromatic carbocycles. The molecule has 2 aliphatic rings. The van der Waals surface area contributed by atoms with Crippen LogP contribution in [0.3, 0.4) is 0 Å². The van der Waals surface area contributed by atoms with E-state index < -0.39 is 31.6 Å². The van der Waals surface area contributed by atoms with E-state index in [1.165, 1.54) is 0 Å². The van der Waals surface area contributed by atoms with Crippen molar-refractivity contribution >= 4 is 31.2 Å². The number of β-amino-alcohol motifs (C(OH)–C–C–N with tert-alkyl or cyclic N) is 1. The topological polar surface area (TPSA) is 184 Å². The summed E-state index contributed by atoms with van der Waals surface area (Å²) in [6, 6.07) is 9.67. The third-order valence-electron chi connectivity index (χ3n) is 7.30. The van der Waals surface area contributed by atoms with Gasteiger partial charge >= 0.3 is 13.6 Å². The number of unbranched alkanes of at least 4 members (excludes halogenated alkanes) is 1. The molecule has 3 heterocycles. The van der Waals surface area contributed by atoms with Crippen molar-refractivity contribution in [3.05, 3.63) is 42.1 Å². The van der Waals surface area contributed by atoms with E-state index in [-0.39, 0.29) is 31.0 Å². The van der Waals surface area contributed by atoms with Crippen molar-refractivity contribution in [2.24, 2.45) is 0 Å². The number of aromatic nitrogens is 2.